The summed E-state index contributed by atoms with van der Waals surface area (Å²) in [6.07, 6.45) is 6.71. The molecule has 2 aromatic carbocycles. The van der Waals surface area contributed by atoms with Crippen LogP contribution in [0.4, 0.5) is 0 Å². The molecule has 0 bridgehead atoms. The number of hydrogen-bond donors (Lipinski definition) is 0. The van der Waals surface area contributed by atoms with E-state index >= 15 is 0 Å². The van der Waals surface area contributed by atoms with Gasteiger partial charge in [-0.25, -0.2) is 0 Å². The molecule has 0 radical (unpaired) electrons. The van der Waals surface area contributed by atoms with Crippen molar-refractivity contribution in [3.8, 4) is 11.5 Å². The number of unbranched alkanes of at least 4 members (excludes halogenated alkanes) is 4. The Balaban J connectivity index is 0.00000512. The fraction of sp³-hybridized carbons (Fsp3) is 0.519. The predicted octanol–water partition coefficient (Wildman–Crippen LogP) is 4.32. The Hall–Kier alpha value is -1.26. The van der Waals surface area contributed by atoms with Crippen LogP contribution < -0.4 is 33.6 Å². The van der Waals surface area contributed by atoms with Gasteiger partial charge in [-0.2, -0.15) is 0 Å². The molecule has 0 heterocycles. The molecule has 0 spiro atoms. The molecule has 0 N–H and O–H groups in total. The van der Waals surface area contributed by atoms with Crippen LogP contribution in [0.5, 0.6) is 11.5 Å². The van der Waals surface area contributed by atoms with Gasteiger partial charge in [0.1, 0.15) is 11.5 Å². The topological polar surface area (TPSA) is 35.5 Å². The van der Waals surface area contributed by atoms with Gasteiger partial charge in [0.2, 0.25) is 0 Å². The van der Waals surface area contributed by atoms with Gasteiger partial charge in [-0.1, -0.05) is 45.6 Å². The summed E-state index contributed by atoms with van der Waals surface area (Å²) in [7, 11) is 0.0319. The first-order valence-electron chi connectivity index (χ1n) is 11.7. The van der Waals surface area contributed by atoms with Crippen LogP contribution in [0, 0.1) is 27.7 Å². The number of rotatable bonds is 13. The molecule has 0 aliphatic rings. The predicted molar refractivity (Wildman–Crippen MR) is 135 cm³/mol. The molecule has 32 heavy (non-hydrogen) atoms. The van der Waals surface area contributed by atoms with Gasteiger partial charge in [0.25, 0.3) is 0 Å². The molecule has 2 aromatic rings. The van der Waals surface area contributed by atoms with Gasteiger partial charge in [0.15, 0.2) is 5.52 Å². The van der Waals surface area contributed by atoms with E-state index in [4.69, 9.17) is 9.47 Å². The SMILES string of the molecule is CCCCCOc1ccc(PC(=O)c2c(C)cc(C)c(C)c2C)c(OCCCCC)c1.[H-].[Li+]. The van der Waals surface area contributed by atoms with Gasteiger partial charge in [0, 0.05) is 16.9 Å². The van der Waals surface area contributed by atoms with Crippen LogP contribution >= 0.6 is 8.58 Å². The molecular weight excluding hydrogens is 410 g/mol. The van der Waals surface area contributed by atoms with E-state index in [9.17, 15) is 4.79 Å². The zero-order valence-corrected chi connectivity index (χ0v) is 22.2. The van der Waals surface area contributed by atoms with E-state index in [0.29, 0.717) is 13.2 Å². The Morgan fingerprint density at radius 1 is 0.844 bits per heavy atom. The van der Waals surface area contributed by atoms with Gasteiger partial charge in [-0.05, 0) is 83.5 Å². The second kappa shape index (κ2) is 14.8. The number of carbonyl (C=O) groups is 1. The molecule has 3 nitrogen and oxygen atoms in total. The van der Waals surface area contributed by atoms with Gasteiger partial charge < -0.3 is 10.9 Å². The fourth-order valence-corrected chi connectivity index (χ4v) is 4.90. The number of benzene rings is 2. The van der Waals surface area contributed by atoms with Crippen LogP contribution in [0.2, 0.25) is 0 Å². The summed E-state index contributed by atoms with van der Waals surface area (Å²) in [5, 5.41) is 0.958. The molecule has 1 atom stereocenters. The zero-order valence-electron chi connectivity index (χ0n) is 22.2. The van der Waals surface area contributed by atoms with Crippen molar-refractivity contribution >= 4 is 19.4 Å². The first kappa shape index (κ1) is 28.8. The van der Waals surface area contributed by atoms with E-state index in [0.717, 1.165) is 59.2 Å². The maximum atomic E-state index is 13.3. The van der Waals surface area contributed by atoms with E-state index in [1.165, 1.54) is 24.0 Å². The van der Waals surface area contributed by atoms with E-state index in [1.807, 2.05) is 25.1 Å². The molecule has 172 valence electrons. The molecule has 0 saturated heterocycles. The van der Waals surface area contributed by atoms with Crippen molar-refractivity contribution in [1.82, 2.24) is 0 Å². The Morgan fingerprint density at radius 2 is 1.47 bits per heavy atom. The average Bonchev–Trinajstić information content (AvgIpc) is 2.74. The van der Waals surface area contributed by atoms with Crippen LogP contribution in [0.3, 0.4) is 0 Å². The first-order chi connectivity index (χ1) is 14.9. The normalized spacial score (nSPS) is 10.9. The minimum absolute atomic E-state index is 0. The molecule has 2 rings (SSSR count). The summed E-state index contributed by atoms with van der Waals surface area (Å²) < 4.78 is 12.0. The molecule has 0 aromatic heterocycles. The second-order valence-corrected chi connectivity index (χ2v) is 9.60. The fourth-order valence-electron chi connectivity index (χ4n) is 3.71. The molecular formula is C27H40LiO3P. The van der Waals surface area contributed by atoms with E-state index in [1.54, 1.807) is 0 Å². The third-order valence-corrected chi connectivity index (χ3v) is 6.97. The molecule has 0 fully saturated rings. The van der Waals surface area contributed by atoms with E-state index in [2.05, 4.69) is 40.7 Å². The van der Waals surface area contributed by atoms with Crippen molar-refractivity contribution in [1.29, 1.82) is 0 Å². The van der Waals surface area contributed by atoms with E-state index < -0.39 is 0 Å². The largest absolute Gasteiger partial charge is 1.00 e. The van der Waals surface area contributed by atoms with Crippen LogP contribution in [0.15, 0.2) is 24.3 Å². The number of aryl methyl sites for hydroxylation is 2. The Kier molecular flexibility index (Phi) is 13.3. The Labute approximate surface area is 210 Å². The smallest absolute Gasteiger partial charge is 1.00 e. The molecule has 1 unspecified atom stereocenters. The van der Waals surface area contributed by atoms with E-state index in [-0.39, 0.29) is 34.4 Å². The van der Waals surface area contributed by atoms with Gasteiger partial charge in [0.05, 0.1) is 13.2 Å². The van der Waals surface area contributed by atoms with Crippen LogP contribution in [-0.4, -0.2) is 18.7 Å². The molecule has 5 heteroatoms. The minimum Gasteiger partial charge on any atom is -1.00 e. The van der Waals surface area contributed by atoms with Crippen molar-refractivity contribution in [2.24, 2.45) is 0 Å². The summed E-state index contributed by atoms with van der Waals surface area (Å²) >= 11 is 0. The van der Waals surface area contributed by atoms with Crippen molar-refractivity contribution < 1.29 is 34.6 Å². The maximum absolute atomic E-state index is 13.3. The van der Waals surface area contributed by atoms with Gasteiger partial charge in [-0.15, -0.1) is 0 Å². The van der Waals surface area contributed by atoms with Gasteiger partial charge >= 0.3 is 18.9 Å². The molecule has 0 aliphatic heterocycles. The third kappa shape index (κ3) is 8.26. The first-order valence-corrected chi connectivity index (χ1v) is 12.7. The number of carbonyl (C=O) groups excluding carboxylic acids is 1. The summed E-state index contributed by atoms with van der Waals surface area (Å²) in [5.41, 5.74) is 5.62. The number of ether oxygens (including phenoxy) is 2. The second-order valence-electron chi connectivity index (χ2n) is 8.36. The summed E-state index contributed by atoms with van der Waals surface area (Å²) in [4.78, 5) is 13.3. The average molecular weight is 451 g/mol. The monoisotopic (exact) mass is 450 g/mol. The quantitative estimate of drug-likeness (QED) is 0.259. The summed E-state index contributed by atoms with van der Waals surface area (Å²) in [5.74, 6) is 1.61. The summed E-state index contributed by atoms with van der Waals surface area (Å²) in [6, 6.07) is 8.07. The standard InChI is InChI=1S/C27H39O3P.Li.H/c1-7-9-11-15-29-23-13-14-25(24(18-23)30-16-12-10-8-2)31-27(28)26-20(4)17-19(3)21(5)22(26)6;;/h13-14,17-18,31H,7-12,15-16H2,1-6H3;;/q;+1;-1. The number of hydrogen-bond acceptors (Lipinski definition) is 3. The van der Waals surface area contributed by atoms with Crippen molar-refractivity contribution in [2.75, 3.05) is 13.2 Å². The van der Waals surface area contributed by atoms with Crippen molar-refractivity contribution in [3.05, 3.63) is 52.1 Å². The van der Waals surface area contributed by atoms with Crippen molar-refractivity contribution in [2.45, 2.75) is 80.1 Å². The Bertz CT molecular complexity index is 886. The van der Waals surface area contributed by atoms with Gasteiger partial charge in [-0.3, -0.25) is 4.79 Å². The minimum atomic E-state index is 0. The molecule has 0 aliphatic carbocycles. The third-order valence-electron chi connectivity index (χ3n) is 5.81. The Morgan fingerprint density at radius 3 is 2.09 bits per heavy atom. The zero-order chi connectivity index (χ0) is 22.8. The van der Waals surface area contributed by atoms with Crippen LogP contribution in [0.1, 0.15) is 86.4 Å². The maximum Gasteiger partial charge on any atom is 1.00 e. The van der Waals surface area contributed by atoms with Crippen molar-refractivity contribution in [3.63, 3.8) is 0 Å². The summed E-state index contributed by atoms with van der Waals surface area (Å²) in [6.45, 7) is 14.0. The van der Waals surface area contributed by atoms with Crippen LogP contribution in [-0.2, 0) is 0 Å². The van der Waals surface area contributed by atoms with Crippen LogP contribution in [0.25, 0.3) is 0 Å². The molecule has 0 amide bonds. The molecule has 0 saturated carbocycles.